The van der Waals surface area contributed by atoms with E-state index in [1.165, 1.54) is 34.9 Å². The third-order valence-corrected chi connectivity index (χ3v) is 4.88. The summed E-state index contributed by atoms with van der Waals surface area (Å²) >= 11 is 0. The van der Waals surface area contributed by atoms with Crippen LogP contribution in [0.25, 0.3) is 10.9 Å². The number of hydrogen-bond donors (Lipinski definition) is 2. The molecule has 2 N–H and O–H groups in total. The number of fused-ring (bicyclic) bond motifs is 1. The molecule has 1 heterocycles. The van der Waals surface area contributed by atoms with Gasteiger partial charge in [0, 0.05) is 50.4 Å². The molecule has 0 aliphatic heterocycles. The molecule has 1 fully saturated rings. The van der Waals surface area contributed by atoms with Crippen LogP contribution in [0, 0.1) is 12.8 Å². The topological polar surface area (TPSA) is 52.7 Å². The highest BCUT2D eigenvalue weighted by atomic mass is 127. The minimum absolute atomic E-state index is 0. The van der Waals surface area contributed by atoms with Crippen molar-refractivity contribution in [2.24, 2.45) is 10.9 Å². The van der Waals surface area contributed by atoms with Crippen LogP contribution in [-0.2, 0) is 11.2 Å². The summed E-state index contributed by atoms with van der Waals surface area (Å²) in [7, 11) is 2.08. The SMILES string of the molecule is CCNC(=NCCc1c[nH]c2cc(C)ccc12)N(C)CCOCC1CC1.I. The van der Waals surface area contributed by atoms with Crippen LogP contribution >= 0.6 is 24.0 Å². The highest BCUT2D eigenvalue weighted by Gasteiger charge is 2.21. The van der Waals surface area contributed by atoms with Gasteiger partial charge in [-0.25, -0.2) is 0 Å². The van der Waals surface area contributed by atoms with Crippen molar-refractivity contribution in [2.75, 3.05) is 39.9 Å². The lowest BCUT2D eigenvalue weighted by molar-refractivity contribution is 0.115. The van der Waals surface area contributed by atoms with Crippen molar-refractivity contribution in [3.63, 3.8) is 0 Å². The largest absolute Gasteiger partial charge is 0.379 e. The summed E-state index contributed by atoms with van der Waals surface area (Å²) in [4.78, 5) is 10.3. The summed E-state index contributed by atoms with van der Waals surface area (Å²) in [6.45, 7) is 8.42. The van der Waals surface area contributed by atoms with E-state index in [0.717, 1.165) is 51.1 Å². The molecule has 0 spiro atoms. The van der Waals surface area contributed by atoms with Crippen molar-refractivity contribution in [1.29, 1.82) is 0 Å². The normalized spacial score (nSPS) is 14.3. The van der Waals surface area contributed by atoms with Crippen LogP contribution < -0.4 is 5.32 Å². The Hall–Kier alpha value is -1.28. The molecule has 27 heavy (non-hydrogen) atoms. The molecule has 5 nitrogen and oxygen atoms in total. The number of aliphatic imine (C=N–C) groups is 1. The number of aryl methyl sites for hydroxylation is 1. The number of aromatic nitrogens is 1. The van der Waals surface area contributed by atoms with Crippen molar-refractivity contribution >= 4 is 40.8 Å². The zero-order chi connectivity index (χ0) is 18.4. The molecule has 0 amide bonds. The van der Waals surface area contributed by atoms with Crippen LogP contribution in [0.15, 0.2) is 29.4 Å². The van der Waals surface area contributed by atoms with Gasteiger partial charge in [-0.15, -0.1) is 24.0 Å². The van der Waals surface area contributed by atoms with E-state index in [1.54, 1.807) is 0 Å². The van der Waals surface area contributed by atoms with Crippen LogP contribution in [-0.4, -0.2) is 55.7 Å². The number of halogens is 1. The third-order valence-electron chi connectivity index (χ3n) is 4.88. The van der Waals surface area contributed by atoms with E-state index in [2.05, 4.69) is 60.5 Å². The number of likely N-dealkylation sites (N-methyl/N-ethyl adjacent to an activating group) is 1. The lowest BCUT2D eigenvalue weighted by Crippen LogP contribution is -2.40. The van der Waals surface area contributed by atoms with Crippen molar-refractivity contribution in [1.82, 2.24) is 15.2 Å². The monoisotopic (exact) mass is 484 g/mol. The average Bonchev–Trinajstić information content (AvgIpc) is 3.38. The highest BCUT2D eigenvalue weighted by molar-refractivity contribution is 14.0. The second-order valence-electron chi connectivity index (χ2n) is 7.29. The Kier molecular flexibility index (Phi) is 8.89. The van der Waals surface area contributed by atoms with Gasteiger partial charge in [0.05, 0.1) is 6.61 Å². The highest BCUT2D eigenvalue weighted by Crippen LogP contribution is 2.28. The van der Waals surface area contributed by atoms with Crippen LogP contribution in [0.2, 0.25) is 0 Å². The lowest BCUT2D eigenvalue weighted by atomic mass is 10.1. The Morgan fingerprint density at radius 2 is 2.19 bits per heavy atom. The number of nitrogens with one attached hydrogen (secondary N) is 2. The van der Waals surface area contributed by atoms with Crippen LogP contribution in [0.1, 0.15) is 30.9 Å². The van der Waals surface area contributed by atoms with Gasteiger partial charge >= 0.3 is 0 Å². The summed E-state index contributed by atoms with van der Waals surface area (Å²) in [6, 6.07) is 6.57. The molecule has 3 rings (SSSR count). The quantitative estimate of drug-likeness (QED) is 0.245. The maximum absolute atomic E-state index is 5.75. The van der Waals surface area contributed by atoms with Gasteiger partial charge in [0.1, 0.15) is 0 Å². The van der Waals surface area contributed by atoms with Gasteiger partial charge in [0.25, 0.3) is 0 Å². The Morgan fingerprint density at radius 3 is 2.93 bits per heavy atom. The number of H-pyrrole nitrogens is 1. The molecule has 1 aliphatic rings. The van der Waals surface area contributed by atoms with Gasteiger partial charge < -0.3 is 19.9 Å². The molecule has 2 aromatic rings. The summed E-state index contributed by atoms with van der Waals surface area (Å²) in [5.74, 6) is 1.78. The molecular formula is C21H33IN4O. The predicted molar refractivity (Wildman–Crippen MR) is 124 cm³/mol. The third kappa shape index (κ3) is 6.68. The molecule has 0 atom stereocenters. The molecule has 1 aromatic heterocycles. The fraction of sp³-hybridized carbons (Fsp3) is 0.571. The van der Waals surface area contributed by atoms with E-state index >= 15 is 0 Å². The first kappa shape index (κ1) is 22.0. The second-order valence-corrected chi connectivity index (χ2v) is 7.29. The van der Waals surface area contributed by atoms with Gasteiger partial charge in [-0.1, -0.05) is 12.1 Å². The second kappa shape index (κ2) is 10.9. The lowest BCUT2D eigenvalue weighted by Gasteiger charge is -2.22. The number of hydrogen-bond acceptors (Lipinski definition) is 2. The van der Waals surface area contributed by atoms with Crippen molar-refractivity contribution < 1.29 is 4.74 Å². The molecular weight excluding hydrogens is 451 g/mol. The number of aromatic amines is 1. The number of benzene rings is 1. The standard InChI is InChI=1S/C21H32N4O.HI/c1-4-22-21(25(3)11-12-26-15-17-6-7-17)23-10-9-18-14-24-20-13-16(2)5-8-19(18)20;/h5,8,13-14,17,24H,4,6-7,9-12,15H2,1-3H3,(H,22,23);1H. The van der Waals surface area contributed by atoms with Crippen molar-refractivity contribution in [3.05, 3.63) is 35.5 Å². The number of nitrogens with zero attached hydrogens (tertiary/aromatic N) is 2. The summed E-state index contributed by atoms with van der Waals surface area (Å²) in [5.41, 5.74) is 3.82. The Bertz CT molecular complexity index is 739. The Balaban J connectivity index is 0.00000261. The molecule has 1 aliphatic carbocycles. The number of guanidine groups is 1. The van der Waals surface area contributed by atoms with E-state index in [-0.39, 0.29) is 24.0 Å². The Morgan fingerprint density at radius 1 is 1.37 bits per heavy atom. The minimum atomic E-state index is 0. The van der Waals surface area contributed by atoms with Gasteiger partial charge in [0.15, 0.2) is 5.96 Å². The maximum Gasteiger partial charge on any atom is 0.193 e. The van der Waals surface area contributed by atoms with Gasteiger partial charge in [-0.05, 0) is 56.2 Å². The first-order chi connectivity index (χ1) is 12.7. The van der Waals surface area contributed by atoms with Crippen LogP contribution in [0.3, 0.4) is 0 Å². The van der Waals surface area contributed by atoms with Crippen molar-refractivity contribution in [2.45, 2.75) is 33.1 Å². The molecule has 6 heteroatoms. The molecule has 0 saturated heterocycles. The van der Waals surface area contributed by atoms with E-state index in [4.69, 9.17) is 9.73 Å². The summed E-state index contributed by atoms with van der Waals surface area (Å²) in [5, 5.41) is 4.69. The Labute approximate surface area is 180 Å². The molecule has 0 radical (unpaired) electrons. The molecule has 0 unspecified atom stereocenters. The van der Waals surface area contributed by atoms with Gasteiger partial charge in [0.2, 0.25) is 0 Å². The fourth-order valence-corrected chi connectivity index (χ4v) is 3.10. The number of rotatable bonds is 9. The zero-order valence-corrected chi connectivity index (χ0v) is 19.1. The summed E-state index contributed by atoms with van der Waals surface area (Å²) < 4.78 is 5.75. The first-order valence-electron chi connectivity index (χ1n) is 9.81. The first-order valence-corrected chi connectivity index (χ1v) is 9.81. The smallest absolute Gasteiger partial charge is 0.193 e. The number of ether oxygens (including phenoxy) is 1. The van der Waals surface area contributed by atoms with E-state index in [1.807, 2.05) is 0 Å². The maximum atomic E-state index is 5.75. The molecule has 1 saturated carbocycles. The molecule has 150 valence electrons. The van der Waals surface area contributed by atoms with Crippen LogP contribution in [0.5, 0.6) is 0 Å². The van der Waals surface area contributed by atoms with E-state index in [0.29, 0.717) is 0 Å². The molecule has 1 aromatic carbocycles. The predicted octanol–water partition coefficient (Wildman–Crippen LogP) is 3.96. The van der Waals surface area contributed by atoms with E-state index in [9.17, 15) is 0 Å². The fourth-order valence-electron chi connectivity index (χ4n) is 3.10. The zero-order valence-electron chi connectivity index (χ0n) is 16.8. The van der Waals surface area contributed by atoms with Gasteiger partial charge in [-0.2, -0.15) is 0 Å². The van der Waals surface area contributed by atoms with Gasteiger partial charge in [-0.3, -0.25) is 4.99 Å². The van der Waals surface area contributed by atoms with E-state index < -0.39 is 0 Å². The summed E-state index contributed by atoms with van der Waals surface area (Å²) in [6.07, 6.45) is 5.73. The van der Waals surface area contributed by atoms with Crippen molar-refractivity contribution in [3.8, 4) is 0 Å². The molecule has 0 bridgehead atoms. The average molecular weight is 484 g/mol. The van der Waals surface area contributed by atoms with Crippen LogP contribution in [0.4, 0.5) is 0 Å². The minimum Gasteiger partial charge on any atom is -0.379 e.